The Hall–Kier alpha value is -2.98. The molecule has 2 aliphatic rings. The van der Waals surface area contributed by atoms with Crippen LogP contribution in [-0.4, -0.2) is 64.8 Å². The molecule has 3 aromatic rings. The fraction of sp³-hybridized carbons (Fsp3) is 0.393. The second kappa shape index (κ2) is 11.0. The van der Waals surface area contributed by atoms with Gasteiger partial charge in [0.2, 0.25) is 15.7 Å². The second-order valence-electron chi connectivity index (χ2n) is 10.4. The molecule has 3 heterocycles. The lowest BCUT2D eigenvalue weighted by Gasteiger charge is -2.40. The summed E-state index contributed by atoms with van der Waals surface area (Å²) in [7, 11) is 0.145. The van der Waals surface area contributed by atoms with Crippen molar-refractivity contribution in [3.8, 4) is 0 Å². The number of carbonyl (C=O) groups is 1. The van der Waals surface area contributed by atoms with Gasteiger partial charge in [0.25, 0.3) is 0 Å². The maximum absolute atomic E-state index is 13.4. The van der Waals surface area contributed by atoms with Crippen molar-refractivity contribution in [3.05, 3.63) is 83.0 Å². The van der Waals surface area contributed by atoms with Gasteiger partial charge in [0.15, 0.2) is 6.10 Å². The van der Waals surface area contributed by atoms with Crippen LogP contribution in [0, 0.1) is 0 Å². The fourth-order valence-corrected chi connectivity index (χ4v) is 5.63. The first-order chi connectivity index (χ1) is 18.3. The molecular formula is C28H31ClN4O4Si. The SMILES string of the molecule is CC(C)(C)[Si]OC(c1ccccc1)(c1ccccc1)[C@@H]1CN(c2cc(Cl)nc(N3CCOCC3)n2)C(=O)O1. The molecule has 198 valence electrons. The van der Waals surface area contributed by atoms with Gasteiger partial charge in [-0.2, -0.15) is 4.98 Å². The van der Waals surface area contributed by atoms with Crippen LogP contribution in [0.3, 0.4) is 0 Å². The number of aromatic nitrogens is 2. The Morgan fingerprint density at radius 1 is 0.974 bits per heavy atom. The van der Waals surface area contributed by atoms with E-state index in [4.69, 9.17) is 30.5 Å². The van der Waals surface area contributed by atoms with E-state index in [1.54, 1.807) is 6.07 Å². The van der Waals surface area contributed by atoms with E-state index >= 15 is 0 Å². The molecule has 2 radical (unpaired) electrons. The van der Waals surface area contributed by atoms with E-state index in [-0.39, 0.29) is 26.5 Å². The molecule has 0 N–H and O–H groups in total. The zero-order valence-corrected chi connectivity index (χ0v) is 23.5. The number of benzene rings is 2. The molecule has 2 aliphatic heterocycles. The first kappa shape index (κ1) is 26.6. The van der Waals surface area contributed by atoms with Crippen LogP contribution in [0.15, 0.2) is 66.7 Å². The number of hydrogen-bond donors (Lipinski definition) is 0. The van der Waals surface area contributed by atoms with Crippen LogP contribution < -0.4 is 9.80 Å². The zero-order valence-electron chi connectivity index (χ0n) is 21.8. The summed E-state index contributed by atoms with van der Waals surface area (Å²) in [6, 6.07) is 21.5. The lowest BCUT2D eigenvalue weighted by Crippen LogP contribution is -2.47. The molecule has 1 aromatic heterocycles. The van der Waals surface area contributed by atoms with Gasteiger partial charge >= 0.3 is 6.09 Å². The third-order valence-electron chi connectivity index (χ3n) is 6.43. The molecule has 10 heteroatoms. The summed E-state index contributed by atoms with van der Waals surface area (Å²) >= 11 is 6.40. The number of anilines is 2. The van der Waals surface area contributed by atoms with Gasteiger partial charge < -0.3 is 18.8 Å². The van der Waals surface area contributed by atoms with Crippen LogP contribution in [0.4, 0.5) is 16.6 Å². The molecule has 0 unspecified atom stereocenters. The van der Waals surface area contributed by atoms with Crippen LogP contribution in [0.2, 0.25) is 10.2 Å². The van der Waals surface area contributed by atoms with Crippen molar-refractivity contribution in [2.24, 2.45) is 0 Å². The maximum atomic E-state index is 13.4. The van der Waals surface area contributed by atoms with Crippen LogP contribution in [0.1, 0.15) is 31.9 Å². The van der Waals surface area contributed by atoms with Crippen molar-refractivity contribution in [2.75, 3.05) is 42.6 Å². The van der Waals surface area contributed by atoms with Gasteiger partial charge in [-0.1, -0.05) is 93.0 Å². The summed E-state index contributed by atoms with van der Waals surface area (Å²) < 4.78 is 18.4. The normalized spacial score (nSPS) is 18.5. The number of amides is 1. The number of hydrogen-bond acceptors (Lipinski definition) is 7. The van der Waals surface area contributed by atoms with Gasteiger partial charge in [0.05, 0.1) is 19.8 Å². The van der Waals surface area contributed by atoms with E-state index in [0.29, 0.717) is 38.1 Å². The van der Waals surface area contributed by atoms with Crippen molar-refractivity contribution in [2.45, 2.75) is 37.5 Å². The lowest BCUT2D eigenvalue weighted by molar-refractivity contribution is -0.0146. The number of nitrogens with zero attached hydrogens (tertiary/aromatic N) is 4. The van der Waals surface area contributed by atoms with E-state index in [9.17, 15) is 4.79 Å². The molecular weight excluding hydrogens is 520 g/mol. The third-order valence-corrected chi connectivity index (χ3v) is 7.66. The molecule has 2 aromatic carbocycles. The summed E-state index contributed by atoms with van der Waals surface area (Å²) in [6.45, 7) is 9.11. The number of carbonyl (C=O) groups excluding carboxylic acids is 1. The highest BCUT2D eigenvalue weighted by molar-refractivity contribution is 6.32. The predicted molar refractivity (Wildman–Crippen MR) is 148 cm³/mol. The van der Waals surface area contributed by atoms with E-state index in [1.807, 2.05) is 65.6 Å². The van der Waals surface area contributed by atoms with Crippen molar-refractivity contribution >= 4 is 39.2 Å². The van der Waals surface area contributed by atoms with Gasteiger partial charge in [0, 0.05) is 19.2 Å². The summed E-state index contributed by atoms with van der Waals surface area (Å²) in [4.78, 5) is 26.0. The molecule has 2 saturated heterocycles. The van der Waals surface area contributed by atoms with E-state index < -0.39 is 17.8 Å². The maximum Gasteiger partial charge on any atom is 0.416 e. The smallest absolute Gasteiger partial charge is 0.416 e. The average molecular weight is 551 g/mol. The Kier molecular flexibility index (Phi) is 7.72. The second-order valence-corrected chi connectivity index (χ2v) is 12.6. The minimum atomic E-state index is -1.03. The molecule has 1 atom stereocenters. The van der Waals surface area contributed by atoms with Gasteiger partial charge in [0.1, 0.15) is 16.6 Å². The van der Waals surface area contributed by atoms with Gasteiger partial charge in [-0.25, -0.2) is 9.78 Å². The number of rotatable bonds is 7. The topological polar surface area (TPSA) is 77.0 Å². The van der Waals surface area contributed by atoms with Crippen molar-refractivity contribution in [3.63, 3.8) is 0 Å². The quantitative estimate of drug-likeness (QED) is 0.299. The minimum Gasteiger partial charge on any atom is -0.440 e. The van der Waals surface area contributed by atoms with Crippen LogP contribution in [-0.2, 0) is 19.5 Å². The predicted octanol–water partition coefficient (Wildman–Crippen LogP) is 5.09. The third kappa shape index (κ3) is 5.56. The standard InChI is InChI=1S/C28H31ClN4O4Si/c1-27(2,3)38-37-28(20-10-6-4-7-11-20,21-12-8-5-9-13-21)22-19-33(26(34)36-22)24-18-23(29)30-25(31-24)32-14-16-35-17-15-32/h4-13,18,22H,14-17,19H2,1-3H3/t22-/m0/s1. The molecule has 8 nitrogen and oxygen atoms in total. The molecule has 1 amide bonds. The van der Waals surface area contributed by atoms with Gasteiger partial charge in [-0.3, -0.25) is 4.90 Å². The Morgan fingerprint density at radius 3 is 2.16 bits per heavy atom. The Labute approximate surface area is 230 Å². The summed E-state index contributed by atoms with van der Waals surface area (Å²) in [5, 5.41) is 0.167. The molecule has 0 saturated carbocycles. The highest BCUT2D eigenvalue weighted by Crippen LogP contribution is 2.43. The largest absolute Gasteiger partial charge is 0.440 e. The van der Waals surface area contributed by atoms with Crippen LogP contribution in [0.25, 0.3) is 0 Å². The highest BCUT2D eigenvalue weighted by Gasteiger charge is 2.51. The van der Waals surface area contributed by atoms with Crippen LogP contribution in [0.5, 0.6) is 0 Å². The van der Waals surface area contributed by atoms with Gasteiger partial charge in [-0.05, 0) is 16.2 Å². The molecule has 38 heavy (non-hydrogen) atoms. The average Bonchev–Trinajstić information content (AvgIpc) is 3.31. The number of cyclic esters (lactones) is 1. The number of morpholine rings is 1. The Morgan fingerprint density at radius 2 is 1.58 bits per heavy atom. The molecule has 2 fully saturated rings. The Balaban J connectivity index is 1.55. The van der Waals surface area contributed by atoms with Crippen molar-refractivity contribution in [1.29, 1.82) is 0 Å². The van der Waals surface area contributed by atoms with E-state index in [0.717, 1.165) is 11.1 Å². The monoisotopic (exact) mass is 550 g/mol. The summed E-state index contributed by atoms with van der Waals surface area (Å²) in [5.74, 6) is 0.863. The lowest BCUT2D eigenvalue weighted by atomic mass is 9.81. The Bertz CT molecular complexity index is 1210. The molecule has 0 bridgehead atoms. The van der Waals surface area contributed by atoms with Crippen molar-refractivity contribution < 1.29 is 18.7 Å². The first-order valence-corrected chi connectivity index (χ1v) is 14.0. The van der Waals surface area contributed by atoms with Crippen LogP contribution >= 0.6 is 11.6 Å². The molecule has 0 aliphatic carbocycles. The number of ether oxygens (including phenoxy) is 2. The fourth-order valence-electron chi connectivity index (χ4n) is 4.63. The first-order valence-electron chi connectivity index (χ1n) is 12.7. The van der Waals surface area contributed by atoms with E-state index in [1.165, 1.54) is 4.90 Å². The minimum absolute atomic E-state index is 0.0929. The zero-order chi connectivity index (χ0) is 26.8. The molecule has 5 rings (SSSR count). The number of halogens is 1. The highest BCUT2D eigenvalue weighted by atomic mass is 35.5. The van der Waals surface area contributed by atoms with Crippen molar-refractivity contribution in [1.82, 2.24) is 9.97 Å². The van der Waals surface area contributed by atoms with E-state index in [2.05, 4.69) is 25.8 Å². The molecule has 0 spiro atoms. The summed E-state index contributed by atoms with van der Waals surface area (Å²) in [5.41, 5.74) is 0.803. The summed E-state index contributed by atoms with van der Waals surface area (Å²) in [6.07, 6.45) is -1.15. The van der Waals surface area contributed by atoms with Gasteiger partial charge in [-0.15, -0.1) is 0 Å².